The fourth-order valence-electron chi connectivity index (χ4n) is 0.727. The van der Waals surface area contributed by atoms with Crippen LogP contribution in [0.1, 0.15) is 32.6 Å². The molecule has 1 atom stereocenters. The number of hydrogen-bond acceptors (Lipinski definition) is 1. The topological polar surface area (TPSA) is 17.1 Å². The van der Waals surface area contributed by atoms with Crippen molar-refractivity contribution in [1.29, 1.82) is 0 Å². The van der Waals surface area contributed by atoms with Gasteiger partial charge >= 0.3 is 0 Å². The van der Waals surface area contributed by atoms with Gasteiger partial charge in [-0.1, -0.05) is 42.1 Å². The SMILES string of the molecule is CCCCC[CH][C@@H](Br)C=O. The van der Waals surface area contributed by atoms with Gasteiger partial charge in [0.05, 0.1) is 4.83 Å². The Morgan fingerprint density at radius 1 is 1.50 bits per heavy atom. The summed E-state index contributed by atoms with van der Waals surface area (Å²) in [4.78, 5) is 10.1. The number of halogens is 1. The van der Waals surface area contributed by atoms with E-state index in [1.807, 2.05) is 6.42 Å². The molecule has 0 aromatic rings. The largest absolute Gasteiger partial charge is 0.302 e. The van der Waals surface area contributed by atoms with Crippen molar-refractivity contribution >= 4 is 22.2 Å². The zero-order chi connectivity index (χ0) is 7.82. The van der Waals surface area contributed by atoms with Gasteiger partial charge in [0.25, 0.3) is 0 Å². The van der Waals surface area contributed by atoms with Gasteiger partial charge < -0.3 is 4.79 Å². The maximum Gasteiger partial charge on any atom is 0.133 e. The van der Waals surface area contributed by atoms with Crippen molar-refractivity contribution in [3.63, 3.8) is 0 Å². The monoisotopic (exact) mass is 205 g/mol. The predicted molar refractivity (Wildman–Crippen MR) is 47.2 cm³/mol. The summed E-state index contributed by atoms with van der Waals surface area (Å²) in [5.41, 5.74) is 0. The normalized spacial score (nSPS) is 13.0. The molecule has 0 spiro atoms. The number of hydrogen-bond donors (Lipinski definition) is 0. The minimum atomic E-state index is -0.0376. The van der Waals surface area contributed by atoms with E-state index in [1.54, 1.807) is 0 Å². The van der Waals surface area contributed by atoms with Crippen LogP contribution in [0.5, 0.6) is 0 Å². The Kier molecular flexibility index (Phi) is 7.37. The van der Waals surface area contributed by atoms with Crippen molar-refractivity contribution in [1.82, 2.24) is 0 Å². The smallest absolute Gasteiger partial charge is 0.133 e. The average molecular weight is 206 g/mol. The summed E-state index contributed by atoms with van der Waals surface area (Å²) in [5.74, 6) is 0. The van der Waals surface area contributed by atoms with Gasteiger partial charge in [0.2, 0.25) is 0 Å². The Bertz CT molecular complexity index is 83.3. The van der Waals surface area contributed by atoms with Crippen LogP contribution < -0.4 is 0 Å². The van der Waals surface area contributed by atoms with Crippen LogP contribution in [0.4, 0.5) is 0 Å². The summed E-state index contributed by atoms with van der Waals surface area (Å²) >= 11 is 3.21. The number of aldehydes is 1. The number of unbranched alkanes of at least 4 members (excludes halogenated alkanes) is 3. The summed E-state index contributed by atoms with van der Waals surface area (Å²) < 4.78 is 0. The molecular formula is C8H14BrO. The van der Waals surface area contributed by atoms with Gasteiger partial charge in [0.15, 0.2) is 0 Å². The lowest BCUT2D eigenvalue weighted by Crippen LogP contribution is -1.98. The first-order chi connectivity index (χ1) is 4.81. The Hall–Kier alpha value is 0.150. The van der Waals surface area contributed by atoms with Crippen LogP contribution in [0.2, 0.25) is 0 Å². The predicted octanol–water partition coefficient (Wildman–Crippen LogP) is 2.73. The van der Waals surface area contributed by atoms with Crippen molar-refractivity contribution in [3.8, 4) is 0 Å². The Morgan fingerprint density at radius 2 is 2.20 bits per heavy atom. The first-order valence-electron chi connectivity index (χ1n) is 3.74. The molecule has 0 unspecified atom stereocenters. The van der Waals surface area contributed by atoms with Gasteiger partial charge in [-0.3, -0.25) is 0 Å². The van der Waals surface area contributed by atoms with E-state index < -0.39 is 0 Å². The minimum absolute atomic E-state index is 0.0376. The van der Waals surface area contributed by atoms with E-state index in [2.05, 4.69) is 22.9 Å². The number of rotatable bonds is 6. The maximum absolute atomic E-state index is 10.1. The molecule has 0 aromatic heterocycles. The molecular weight excluding hydrogens is 192 g/mol. The summed E-state index contributed by atoms with van der Waals surface area (Å²) in [6.07, 6.45) is 7.65. The van der Waals surface area contributed by atoms with Crippen molar-refractivity contribution in [3.05, 3.63) is 6.42 Å². The van der Waals surface area contributed by atoms with Crippen LogP contribution in [0.25, 0.3) is 0 Å². The summed E-state index contributed by atoms with van der Waals surface area (Å²) in [6, 6.07) is 0. The van der Waals surface area contributed by atoms with E-state index in [0.717, 1.165) is 12.7 Å². The third kappa shape index (κ3) is 6.27. The zero-order valence-corrected chi connectivity index (χ0v) is 7.93. The molecule has 0 bridgehead atoms. The highest BCUT2D eigenvalue weighted by Gasteiger charge is 1.99. The molecule has 0 rings (SSSR count). The highest BCUT2D eigenvalue weighted by atomic mass is 79.9. The standard InChI is InChI=1S/C8H14BrO/c1-2-3-4-5-6-8(9)7-10/h6-8H,2-5H2,1H3/t8-/m1/s1. The van der Waals surface area contributed by atoms with Crippen molar-refractivity contribution in [2.45, 2.75) is 37.4 Å². The molecule has 0 aliphatic rings. The molecule has 0 aliphatic heterocycles. The van der Waals surface area contributed by atoms with Gasteiger partial charge in [0.1, 0.15) is 6.29 Å². The first kappa shape index (κ1) is 10.2. The Balaban J connectivity index is 2.95. The molecule has 0 N–H and O–H groups in total. The second kappa shape index (κ2) is 7.26. The second-order valence-corrected chi connectivity index (χ2v) is 3.37. The summed E-state index contributed by atoms with van der Waals surface area (Å²) in [7, 11) is 0. The van der Waals surface area contributed by atoms with Crippen molar-refractivity contribution in [2.75, 3.05) is 0 Å². The molecule has 0 saturated heterocycles. The first-order valence-corrected chi connectivity index (χ1v) is 4.65. The van der Waals surface area contributed by atoms with E-state index in [-0.39, 0.29) is 4.83 Å². The van der Waals surface area contributed by atoms with Gasteiger partial charge in [-0.2, -0.15) is 0 Å². The molecule has 0 saturated carbocycles. The molecule has 0 aliphatic carbocycles. The fraction of sp³-hybridized carbons (Fsp3) is 0.750. The zero-order valence-electron chi connectivity index (χ0n) is 6.35. The molecule has 10 heavy (non-hydrogen) atoms. The van der Waals surface area contributed by atoms with E-state index in [0.29, 0.717) is 0 Å². The molecule has 0 heterocycles. The number of carbonyl (C=O) groups is 1. The molecule has 0 fully saturated rings. The quantitative estimate of drug-likeness (QED) is 0.371. The number of alkyl halides is 1. The third-order valence-electron chi connectivity index (χ3n) is 1.33. The lowest BCUT2D eigenvalue weighted by atomic mass is 10.1. The molecule has 0 amide bonds. The average Bonchev–Trinajstić information content (AvgIpc) is 1.98. The van der Waals surface area contributed by atoms with E-state index >= 15 is 0 Å². The molecule has 59 valence electrons. The highest BCUT2D eigenvalue weighted by molar-refractivity contribution is 9.10. The van der Waals surface area contributed by atoms with Gasteiger partial charge in [0, 0.05) is 0 Å². The number of carbonyl (C=O) groups excluding carboxylic acids is 1. The maximum atomic E-state index is 10.1. The van der Waals surface area contributed by atoms with Crippen LogP contribution in [0, 0.1) is 6.42 Å². The van der Waals surface area contributed by atoms with E-state index in [4.69, 9.17) is 0 Å². The molecule has 0 aromatic carbocycles. The minimum Gasteiger partial charge on any atom is -0.302 e. The third-order valence-corrected chi connectivity index (χ3v) is 1.92. The van der Waals surface area contributed by atoms with Gasteiger partial charge in [-0.25, -0.2) is 0 Å². The molecule has 2 heteroatoms. The Morgan fingerprint density at radius 3 is 2.70 bits per heavy atom. The van der Waals surface area contributed by atoms with Gasteiger partial charge in [-0.15, -0.1) is 0 Å². The van der Waals surface area contributed by atoms with Gasteiger partial charge in [-0.05, 0) is 12.8 Å². The van der Waals surface area contributed by atoms with Crippen LogP contribution >= 0.6 is 15.9 Å². The summed E-state index contributed by atoms with van der Waals surface area (Å²) in [6.45, 7) is 2.17. The van der Waals surface area contributed by atoms with Crippen LogP contribution in [0.3, 0.4) is 0 Å². The Labute approximate surface area is 71.3 Å². The van der Waals surface area contributed by atoms with Crippen LogP contribution in [-0.4, -0.2) is 11.1 Å². The summed E-state index contributed by atoms with van der Waals surface area (Å²) in [5, 5.41) is 0. The van der Waals surface area contributed by atoms with Crippen molar-refractivity contribution < 1.29 is 4.79 Å². The van der Waals surface area contributed by atoms with Crippen molar-refractivity contribution in [2.24, 2.45) is 0 Å². The van der Waals surface area contributed by atoms with Crippen LogP contribution in [0.15, 0.2) is 0 Å². The fourth-order valence-corrected chi connectivity index (χ4v) is 0.991. The lowest BCUT2D eigenvalue weighted by molar-refractivity contribution is -0.106. The van der Waals surface area contributed by atoms with Crippen LogP contribution in [-0.2, 0) is 4.79 Å². The molecule has 1 nitrogen and oxygen atoms in total. The highest BCUT2D eigenvalue weighted by Crippen LogP contribution is 2.08. The lowest BCUT2D eigenvalue weighted by Gasteiger charge is -1.99. The second-order valence-electron chi connectivity index (χ2n) is 2.31. The molecule has 1 radical (unpaired) electrons. The van der Waals surface area contributed by atoms with E-state index in [9.17, 15) is 4.79 Å². The van der Waals surface area contributed by atoms with E-state index in [1.165, 1.54) is 19.3 Å².